The lowest BCUT2D eigenvalue weighted by Crippen LogP contribution is -2.40. The van der Waals surface area contributed by atoms with Crippen molar-refractivity contribution in [1.29, 1.82) is 0 Å². The van der Waals surface area contributed by atoms with E-state index in [0.29, 0.717) is 54.3 Å². The number of rotatable bonds is 9. The number of hydrogen-bond donors (Lipinski definition) is 0. The average Bonchev–Trinajstić information content (AvgIpc) is 3.19. The standard InChI is InChI=1S/C28H28Cl2N2O5S/c1-5-7-12-37-21-11-9-18(15-22(21)35-4)25-24(27(34)36-6-2)16(3)31-28-32(25)26(33)23(38-28)14-17-8-10-19(29)20(30)13-17/h8-11,13-15,25H,5-7,12H2,1-4H3/b23-14-. The molecule has 2 aromatic carbocycles. The molecule has 0 radical (unpaired) electrons. The maximum Gasteiger partial charge on any atom is 0.338 e. The number of thiazole rings is 1. The van der Waals surface area contributed by atoms with Crippen molar-refractivity contribution < 1.29 is 19.0 Å². The lowest BCUT2D eigenvalue weighted by atomic mass is 9.95. The summed E-state index contributed by atoms with van der Waals surface area (Å²) >= 11 is 13.5. The fourth-order valence-electron chi connectivity index (χ4n) is 4.16. The summed E-state index contributed by atoms with van der Waals surface area (Å²) in [5, 5.41) is 0.816. The Labute approximate surface area is 234 Å². The molecule has 10 heteroatoms. The third-order valence-electron chi connectivity index (χ3n) is 6.02. The molecule has 0 saturated heterocycles. The maximum absolute atomic E-state index is 13.8. The van der Waals surface area contributed by atoms with Crippen LogP contribution in [0.4, 0.5) is 0 Å². The molecule has 1 aromatic heterocycles. The van der Waals surface area contributed by atoms with Gasteiger partial charge in [-0.3, -0.25) is 9.36 Å². The fraction of sp³-hybridized carbons (Fsp3) is 0.321. The number of aromatic nitrogens is 1. The second kappa shape index (κ2) is 12.2. The number of methoxy groups -OCH3 is 1. The van der Waals surface area contributed by atoms with Crippen LogP contribution >= 0.6 is 34.5 Å². The molecule has 1 aliphatic heterocycles. The Kier molecular flexibility index (Phi) is 8.97. The van der Waals surface area contributed by atoms with E-state index in [1.165, 1.54) is 15.9 Å². The van der Waals surface area contributed by atoms with Gasteiger partial charge in [0.25, 0.3) is 5.56 Å². The average molecular weight is 576 g/mol. The normalized spacial score (nSPS) is 15.2. The highest BCUT2D eigenvalue weighted by Crippen LogP contribution is 2.36. The Morgan fingerprint density at radius 1 is 1.13 bits per heavy atom. The first kappa shape index (κ1) is 28.0. The first-order chi connectivity index (χ1) is 18.3. The summed E-state index contributed by atoms with van der Waals surface area (Å²) in [4.78, 5) is 32.0. The van der Waals surface area contributed by atoms with Gasteiger partial charge >= 0.3 is 5.97 Å². The Hall–Kier alpha value is -3.07. The van der Waals surface area contributed by atoms with Gasteiger partial charge in [0.15, 0.2) is 16.3 Å². The lowest BCUT2D eigenvalue weighted by molar-refractivity contribution is -0.139. The van der Waals surface area contributed by atoms with Crippen molar-refractivity contribution >= 4 is 46.6 Å². The number of benzene rings is 2. The number of nitrogens with zero attached hydrogens (tertiary/aromatic N) is 2. The van der Waals surface area contributed by atoms with Crippen molar-refractivity contribution in [2.75, 3.05) is 20.3 Å². The summed E-state index contributed by atoms with van der Waals surface area (Å²) in [5.41, 5.74) is 1.88. The summed E-state index contributed by atoms with van der Waals surface area (Å²) in [5.74, 6) is 0.573. The highest BCUT2D eigenvalue weighted by Gasteiger charge is 2.34. The molecule has 200 valence electrons. The summed E-state index contributed by atoms with van der Waals surface area (Å²) in [6.07, 6.45) is 3.65. The highest BCUT2D eigenvalue weighted by molar-refractivity contribution is 7.07. The van der Waals surface area contributed by atoms with Gasteiger partial charge in [-0.1, -0.05) is 60.0 Å². The summed E-state index contributed by atoms with van der Waals surface area (Å²) in [6, 6.07) is 9.81. The number of ether oxygens (including phenoxy) is 3. The van der Waals surface area contributed by atoms with Crippen molar-refractivity contribution in [3.63, 3.8) is 0 Å². The van der Waals surface area contributed by atoms with E-state index in [4.69, 9.17) is 37.4 Å². The molecule has 7 nitrogen and oxygen atoms in total. The fourth-order valence-corrected chi connectivity index (χ4v) is 5.51. The number of fused-ring (bicyclic) bond motifs is 1. The van der Waals surface area contributed by atoms with Crippen LogP contribution < -0.4 is 24.4 Å². The molecule has 0 spiro atoms. The quantitative estimate of drug-likeness (QED) is 0.256. The molecule has 4 rings (SSSR count). The zero-order valence-electron chi connectivity index (χ0n) is 21.5. The van der Waals surface area contributed by atoms with Crippen LogP contribution in [0.2, 0.25) is 10.0 Å². The van der Waals surface area contributed by atoms with Crippen LogP contribution in [-0.2, 0) is 9.53 Å². The Morgan fingerprint density at radius 3 is 2.61 bits per heavy atom. The third kappa shape index (κ3) is 5.67. The van der Waals surface area contributed by atoms with Crippen molar-refractivity contribution in [3.8, 4) is 11.5 Å². The predicted molar refractivity (Wildman–Crippen MR) is 150 cm³/mol. The molecule has 0 saturated carbocycles. The number of allylic oxidation sites excluding steroid dienone is 1. The van der Waals surface area contributed by atoms with E-state index in [2.05, 4.69) is 11.9 Å². The number of carbonyl (C=O) groups excluding carboxylic acids is 1. The van der Waals surface area contributed by atoms with Gasteiger partial charge in [-0.25, -0.2) is 9.79 Å². The van der Waals surface area contributed by atoms with E-state index >= 15 is 0 Å². The number of halogens is 2. The second-order valence-corrected chi connectivity index (χ2v) is 10.4. The molecule has 1 aliphatic rings. The van der Waals surface area contributed by atoms with Crippen LogP contribution in [0.3, 0.4) is 0 Å². The zero-order chi connectivity index (χ0) is 27.4. The molecule has 0 fully saturated rings. The topological polar surface area (TPSA) is 79.1 Å². The van der Waals surface area contributed by atoms with Crippen LogP contribution in [0, 0.1) is 0 Å². The van der Waals surface area contributed by atoms with Gasteiger partial charge in [0.1, 0.15) is 0 Å². The van der Waals surface area contributed by atoms with Crippen LogP contribution in [-0.4, -0.2) is 30.9 Å². The summed E-state index contributed by atoms with van der Waals surface area (Å²) in [6.45, 7) is 6.32. The Bertz CT molecular complexity index is 1570. The SMILES string of the molecule is CCCCOc1ccc(C2C(C(=O)OCC)=C(C)N=c3s/c(=C\c4ccc(Cl)c(Cl)c4)c(=O)n32)cc1OC. The number of hydrogen-bond acceptors (Lipinski definition) is 7. The number of esters is 1. The van der Waals surface area contributed by atoms with Crippen LogP contribution in [0.1, 0.15) is 50.8 Å². The molecular formula is C28H28Cl2N2O5S. The van der Waals surface area contributed by atoms with Crippen molar-refractivity contribution in [2.45, 2.75) is 39.7 Å². The van der Waals surface area contributed by atoms with Gasteiger partial charge in [0, 0.05) is 0 Å². The van der Waals surface area contributed by atoms with Crippen molar-refractivity contribution in [3.05, 3.63) is 88.5 Å². The first-order valence-corrected chi connectivity index (χ1v) is 13.8. The number of carbonyl (C=O) groups is 1. The smallest absolute Gasteiger partial charge is 0.338 e. The van der Waals surface area contributed by atoms with Gasteiger partial charge in [-0.15, -0.1) is 0 Å². The Morgan fingerprint density at radius 2 is 1.92 bits per heavy atom. The van der Waals surface area contributed by atoms with E-state index < -0.39 is 12.0 Å². The zero-order valence-corrected chi connectivity index (χ0v) is 23.9. The van der Waals surface area contributed by atoms with Crippen molar-refractivity contribution in [1.82, 2.24) is 4.57 Å². The Balaban J connectivity index is 1.89. The molecule has 3 aromatic rings. The van der Waals surface area contributed by atoms with E-state index in [-0.39, 0.29) is 12.2 Å². The third-order valence-corrected chi connectivity index (χ3v) is 7.74. The monoisotopic (exact) mass is 574 g/mol. The van der Waals surface area contributed by atoms with E-state index in [0.717, 1.165) is 18.4 Å². The van der Waals surface area contributed by atoms with Gasteiger partial charge in [0.05, 0.1) is 52.2 Å². The molecule has 0 N–H and O–H groups in total. The number of unbranched alkanes of at least 4 members (excludes halogenated alkanes) is 1. The molecule has 2 heterocycles. The van der Waals surface area contributed by atoms with Crippen LogP contribution in [0.5, 0.6) is 11.5 Å². The molecule has 1 unspecified atom stereocenters. The first-order valence-electron chi connectivity index (χ1n) is 12.2. The molecule has 1 atom stereocenters. The minimum atomic E-state index is -0.764. The summed E-state index contributed by atoms with van der Waals surface area (Å²) < 4.78 is 18.8. The minimum Gasteiger partial charge on any atom is -0.493 e. The van der Waals surface area contributed by atoms with E-state index in [1.54, 1.807) is 57.4 Å². The van der Waals surface area contributed by atoms with Gasteiger partial charge in [-0.05, 0) is 61.7 Å². The second-order valence-electron chi connectivity index (χ2n) is 8.59. The molecule has 0 bridgehead atoms. The largest absolute Gasteiger partial charge is 0.493 e. The van der Waals surface area contributed by atoms with Gasteiger partial charge in [0.2, 0.25) is 0 Å². The van der Waals surface area contributed by atoms with Gasteiger partial charge < -0.3 is 14.2 Å². The predicted octanol–water partition coefficient (Wildman–Crippen LogP) is 5.29. The maximum atomic E-state index is 13.8. The molecule has 38 heavy (non-hydrogen) atoms. The minimum absolute atomic E-state index is 0.192. The highest BCUT2D eigenvalue weighted by atomic mass is 35.5. The van der Waals surface area contributed by atoms with Crippen LogP contribution in [0.25, 0.3) is 6.08 Å². The molecule has 0 aliphatic carbocycles. The lowest BCUT2D eigenvalue weighted by Gasteiger charge is -2.25. The summed E-state index contributed by atoms with van der Waals surface area (Å²) in [7, 11) is 1.56. The van der Waals surface area contributed by atoms with E-state index in [9.17, 15) is 9.59 Å². The molecule has 0 amide bonds. The van der Waals surface area contributed by atoms with Crippen molar-refractivity contribution in [2.24, 2.45) is 4.99 Å². The molecular weight excluding hydrogens is 547 g/mol. The van der Waals surface area contributed by atoms with E-state index in [1.807, 2.05) is 6.07 Å². The van der Waals surface area contributed by atoms with Gasteiger partial charge in [-0.2, -0.15) is 0 Å². The van der Waals surface area contributed by atoms with Crippen LogP contribution in [0.15, 0.2) is 57.5 Å².